The van der Waals surface area contributed by atoms with Crippen LogP contribution in [0.15, 0.2) is 22.7 Å². The van der Waals surface area contributed by atoms with Gasteiger partial charge in [0.05, 0.1) is 12.1 Å². The smallest absolute Gasteiger partial charge is 0.255 e. The molecule has 0 atom stereocenters. The van der Waals surface area contributed by atoms with Crippen molar-refractivity contribution < 1.29 is 4.79 Å². The van der Waals surface area contributed by atoms with Gasteiger partial charge in [0.1, 0.15) is 0 Å². The molecule has 0 aliphatic rings. The molecular weight excluding hydrogens is 268 g/mol. The molecule has 2 N–H and O–H groups in total. The van der Waals surface area contributed by atoms with Crippen molar-refractivity contribution in [2.75, 3.05) is 18.8 Å². The van der Waals surface area contributed by atoms with Crippen LogP contribution in [0.2, 0.25) is 0 Å². The molecule has 0 spiro atoms. The third-order valence-corrected chi connectivity index (χ3v) is 2.86. The van der Waals surface area contributed by atoms with Crippen molar-refractivity contribution in [1.82, 2.24) is 4.90 Å². The minimum Gasteiger partial charge on any atom is -0.399 e. The number of rotatable bonds is 3. The number of carbonyl (C=O) groups is 1. The molecule has 0 aliphatic heterocycles. The van der Waals surface area contributed by atoms with E-state index in [1.807, 2.05) is 6.92 Å². The molecule has 16 heavy (non-hydrogen) atoms. The molecule has 0 saturated carbocycles. The maximum absolute atomic E-state index is 12.1. The molecule has 1 aromatic rings. The lowest BCUT2D eigenvalue weighted by atomic mass is 10.2. The van der Waals surface area contributed by atoms with Gasteiger partial charge >= 0.3 is 0 Å². The van der Waals surface area contributed by atoms with Crippen LogP contribution in [0.4, 0.5) is 5.69 Å². The lowest BCUT2D eigenvalue weighted by Crippen LogP contribution is -2.31. The molecule has 0 aliphatic carbocycles. The van der Waals surface area contributed by atoms with E-state index >= 15 is 0 Å². The number of anilines is 1. The summed E-state index contributed by atoms with van der Waals surface area (Å²) in [5.74, 6) is 2.35. The molecule has 4 heteroatoms. The van der Waals surface area contributed by atoms with Crippen molar-refractivity contribution in [1.29, 1.82) is 0 Å². The lowest BCUT2D eigenvalue weighted by Gasteiger charge is -2.18. The summed E-state index contributed by atoms with van der Waals surface area (Å²) in [7, 11) is 0. The van der Waals surface area contributed by atoms with Gasteiger partial charge in [-0.3, -0.25) is 4.79 Å². The number of nitrogens with two attached hydrogens (primary N) is 1. The van der Waals surface area contributed by atoms with Crippen LogP contribution in [0.3, 0.4) is 0 Å². The zero-order valence-electron chi connectivity index (χ0n) is 9.03. The number of halogens is 1. The summed E-state index contributed by atoms with van der Waals surface area (Å²) < 4.78 is 0.724. The molecular formula is C12H13BrN2O. The predicted octanol–water partition coefficient (Wildman–Crippen LogP) is 2.13. The van der Waals surface area contributed by atoms with Gasteiger partial charge in [-0.25, -0.2) is 0 Å². The van der Waals surface area contributed by atoms with Crippen molar-refractivity contribution in [3.05, 3.63) is 28.2 Å². The summed E-state index contributed by atoms with van der Waals surface area (Å²) in [5.41, 5.74) is 6.75. The van der Waals surface area contributed by atoms with Crippen LogP contribution in [0, 0.1) is 12.3 Å². The molecule has 3 nitrogen and oxygen atoms in total. The monoisotopic (exact) mass is 280 g/mol. The fourth-order valence-electron chi connectivity index (χ4n) is 1.31. The topological polar surface area (TPSA) is 46.3 Å². The van der Waals surface area contributed by atoms with Crippen LogP contribution in [0.1, 0.15) is 17.3 Å². The van der Waals surface area contributed by atoms with Gasteiger partial charge in [0, 0.05) is 16.7 Å². The van der Waals surface area contributed by atoms with Crippen LogP contribution in [0.5, 0.6) is 0 Å². The van der Waals surface area contributed by atoms with Crippen LogP contribution in [0.25, 0.3) is 0 Å². The molecule has 1 aromatic carbocycles. The van der Waals surface area contributed by atoms with Gasteiger partial charge in [0.25, 0.3) is 5.91 Å². The van der Waals surface area contributed by atoms with Crippen LogP contribution in [-0.4, -0.2) is 23.9 Å². The van der Waals surface area contributed by atoms with Gasteiger partial charge in [-0.05, 0) is 41.1 Å². The Kier molecular flexibility index (Phi) is 4.39. The Morgan fingerprint density at radius 2 is 2.31 bits per heavy atom. The van der Waals surface area contributed by atoms with E-state index in [2.05, 4.69) is 21.9 Å². The zero-order chi connectivity index (χ0) is 12.1. The minimum atomic E-state index is -0.111. The second-order valence-electron chi connectivity index (χ2n) is 3.26. The van der Waals surface area contributed by atoms with Crippen molar-refractivity contribution in [3.8, 4) is 12.3 Å². The highest BCUT2D eigenvalue weighted by molar-refractivity contribution is 9.10. The Labute approximate surface area is 104 Å². The van der Waals surface area contributed by atoms with E-state index in [4.69, 9.17) is 12.2 Å². The van der Waals surface area contributed by atoms with E-state index < -0.39 is 0 Å². The maximum atomic E-state index is 12.1. The van der Waals surface area contributed by atoms with Crippen molar-refractivity contribution in [3.63, 3.8) is 0 Å². The van der Waals surface area contributed by atoms with E-state index in [0.717, 1.165) is 4.47 Å². The maximum Gasteiger partial charge on any atom is 0.255 e. The Balaban J connectivity index is 3.03. The van der Waals surface area contributed by atoms with Crippen molar-refractivity contribution >= 4 is 27.5 Å². The number of hydrogen-bond donors (Lipinski definition) is 1. The number of benzene rings is 1. The summed E-state index contributed by atoms with van der Waals surface area (Å²) in [4.78, 5) is 13.7. The average molecular weight is 281 g/mol. The fraction of sp³-hybridized carbons (Fsp3) is 0.250. The summed E-state index contributed by atoms with van der Waals surface area (Å²) in [6, 6.07) is 5.14. The Bertz CT molecular complexity index is 437. The highest BCUT2D eigenvalue weighted by Crippen LogP contribution is 2.21. The van der Waals surface area contributed by atoms with Crippen molar-refractivity contribution in [2.24, 2.45) is 0 Å². The third kappa shape index (κ3) is 2.77. The van der Waals surface area contributed by atoms with E-state index in [1.165, 1.54) is 0 Å². The molecule has 0 radical (unpaired) electrons. The first-order valence-electron chi connectivity index (χ1n) is 4.88. The number of terminal acetylenes is 1. The van der Waals surface area contributed by atoms with Gasteiger partial charge in [-0.1, -0.05) is 5.92 Å². The Hall–Kier alpha value is -1.47. The molecule has 84 valence electrons. The second kappa shape index (κ2) is 5.57. The summed E-state index contributed by atoms with van der Waals surface area (Å²) in [5, 5.41) is 0. The average Bonchev–Trinajstić information content (AvgIpc) is 2.28. The summed E-state index contributed by atoms with van der Waals surface area (Å²) >= 11 is 3.32. The molecule has 0 fully saturated rings. The Morgan fingerprint density at radius 3 is 2.88 bits per heavy atom. The standard InChI is InChI=1S/C12H13BrN2O/c1-3-7-15(4-2)12(16)10-8-9(14)5-6-11(10)13/h1,5-6,8H,4,7,14H2,2H3. The number of nitrogen functional groups attached to an aromatic ring is 1. The van der Waals surface area contributed by atoms with Crippen molar-refractivity contribution in [2.45, 2.75) is 6.92 Å². The normalized spacial score (nSPS) is 9.56. The third-order valence-electron chi connectivity index (χ3n) is 2.17. The molecule has 0 saturated heterocycles. The quantitative estimate of drug-likeness (QED) is 0.681. The predicted molar refractivity (Wildman–Crippen MR) is 69.0 cm³/mol. The van der Waals surface area contributed by atoms with Crippen LogP contribution in [-0.2, 0) is 0 Å². The summed E-state index contributed by atoms with van der Waals surface area (Å²) in [6.45, 7) is 2.76. The zero-order valence-corrected chi connectivity index (χ0v) is 10.6. The molecule has 0 heterocycles. The van der Waals surface area contributed by atoms with E-state index in [0.29, 0.717) is 24.3 Å². The number of amides is 1. The number of hydrogen-bond acceptors (Lipinski definition) is 2. The van der Waals surface area contributed by atoms with Gasteiger partial charge in [0.15, 0.2) is 0 Å². The highest BCUT2D eigenvalue weighted by Gasteiger charge is 2.16. The summed E-state index contributed by atoms with van der Waals surface area (Å²) in [6.07, 6.45) is 5.21. The minimum absolute atomic E-state index is 0.111. The van der Waals surface area contributed by atoms with E-state index in [1.54, 1.807) is 23.1 Å². The fourth-order valence-corrected chi connectivity index (χ4v) is 1.73. The lowest BCUT2D eigenvalue weighted by molar-refractivity contribution is 0.0784. The Morgan fingerprint density at radius 1 is 1.62 bits per heavy atom. The van der Waals surface area contributed by atoms with Crippen LogP contribution >= 0.6 is 15.9 Å². The number of nitrogens with zero attached hydrogens (tertiary/aromatic N) is 1. The molecule has 1 rings (SSSR count). The van der Waals surface area contributed by atoms with E-state index in [9.17, 15) is 4.79 Å². The first-order chi connectivity index (χ1) is 7.60. The van der Waals surface area contributed by atoms with Gasteiger partial charge in [-0.2, -0.15) is 0 Å². The first kappa shape index (κ1) is 12.6. The van der Waals surface area contributed by atoms with Gasteiger partial charge in [-0.15, -0.1) is 6.42 Å². The highest BCUT2D eigenvalue weighted by atomic mass is 79.9. The SMILES string of the molecule is C#CCN(CC)C(=O)c1cc(N)ccc1Br. The largest absolute Gasteiger partial charge is 0.399 e. The number of carbonyl (C=O) groups excluding carboxylic acids is 1. The molecule has 0 aromatic heterocycles. The second-order valence-corrected chi connectivity index (χ2v) is 4.12. The molecule has 0 bridgehead atoms. The van der Waals surface area contributed by atoms with Crippen LogP contribution < -0.4 is 5.73 Å². The van der Waals surface area contributed by atoms with E-state index in [-0.39, 0.29) is 5.91 Å². The first-order valence-corrected chi connectivity index (χ1v) is 5.67. The molecule has 1 amide bonds. The molecule has 0 unspecified atom stereocenters. The van der Waals surface area contributed by atoms with Gasteiger partial charge in [0.2, 0.25) is 0 Å². The van der Waals surface area contributed by atoms with Gasteiger partial charge < -0.3 is 10.6 Å².